The first-order valence-corrected chi connectivity index (χ1v) is 10.2. The number of piperidine rings is 1. The highest BCUT2D eigenvalue weighted by atomic mass is 35.5. The van der Waals surface area contributed by atoms with E-state index in [1.807, 2.05) is 24.4 Å². The molecule has 3 aromatic heterocycles. The lowest BCUT2D eigenvalue weighted by molar-refractivity contribution is 0.366. The van der Waals surface area contributed by atoms with Crippen molar-refractivity contribution in [3.63, 3.8) is 0 Å². The predicted molar refractivity (Wildman–Crippen MR) is 111 cm³/mol. The second kappa shape index (κ2) is 6.94. The zero-order valence-corrected chi connectivity index (χ0v) is 16.2. The molecular weight excluding hydrogens is 378 g/mol. The monoisotopic (exact) mass is 395 g/mol. The number of aromatic nitrogens is 4. The summed E-state index contributed by atoms with van der Waals surface area (Å²) in [6, 6.07) is 12.6. The van der Waals surface area contributed by atoms with Gasteiger partial charge in [-0.25, -0.2) is 9.97 Å². The van der Waals surface area contributed by atoms with Gasteiger partial charge in [-0.2, -0.15) is 5.10 Å². The number of anilines is 1. The molecule has 1 fully saturated rings. The summed E-state index contributed by atoms with van der Waals surface area (Å²) < 4.78 is 3.23. The molecule has 7 heteroatoms. The van der Waals surface area contributed by atoms with Gasteiger partial charge in [0.1, 0.15) is 12.1 Å². The van der Waals surface area contributed by atoms with Gasteiger partial charge in [0.05, 0.1) is 16.3 Å². The fraction of sp³-hybridized carbons (Fsp3) is 0.250. The van der Waals surface area contributed by atoms with Crippen molar-refractivity contribution in [1.82, 2.24) is 19.7 Å². The molecule has 0 spiro atoms. The quantitative estimate of drug-likeness (QED) is 0.487. The lowest BCUT2D eigenvalue weighted by atomic mass is 10.1. The summed E-state index contributed by atoms with van der Waals surface area (Å²) in [4.78, 5) is 12.7. The Morgan fingerprint density at radius 1 is 1.07 bits per heavy atom. The summed E-state index contributed by atoms with van der Waals surface area (Å²) in [7, 11) is 0. The largest absolute Gasteiger partial charge is 0.355 e. The predicted octanol–water partition coefficient (Wildman–Crippen LogP) is 5.05. The van der Waals surface area contributed by atoms with Crippen molar-refractivity contribution in [2.75, 3.05) is 18.0 Å². The highest BCUT2D eigenvalue weighted by Gasteiger charge is 2.23. The van der Waals surface area contributed by atoms with Crippen LogP contribution in [0.3, 0.4) is 0 Å². The van der Waals surface area contributed by atoms with Gasteiger partial charge >= 0.3 is 0 Å². The Bertz CT molecular complexity index is 1050. The smallest absolute Gasteiger partial charge is 0.150 e. The number of rotatable bonds is 3. The minimum atomic E-state index is 0.474. The number of halogens is 1. The summed E-state index contributed by atoms with van der Waals surface area (Å²) in [5.41, 5.74) is 2.16. The molecule has 1 aliphatic rings. The average molecular weight is 396 g/mol. The van der Waals surface area contributed by atoms with Crippen LogP contribution in [0.5, 0.6) is 0 Å². The van der Waals surface area contributed by atoms with Crippen LogP contribution in [0.2, 0.25) is 5.02 Å². The van der Waals surface area contributed by atoms with E-state index in [0.717, 1.165) is 52.6 Å². The van der Waals surface area contributed by atoms with E-state index in [1.54, 1.807) is 17.7 Å². The molecular formula is C20H18ClN5S. The number of thiophene rings is 1. The van der Waals surface area contributed by atoms with Crippen LogP contribution in [0.15, 0.2) is 55.1 Å². The Morgan fingerprint density at radius 3 is 2.63 bits per heavy atom. The molecule has 136 valence electrons. The van der Waals surface area contributed by atoms with Gasteiger partial charge in [0.2, 0.25) is 0 Å². The molecule has 0 saturated carbocycles. The molecule has 0 radical (unpaired) electrons. The maximum Gasteiger partial charge on any atom is 0.150 e. The van der Waals surface area contributed by atoms with Crippen LogP contribution in [0, 0.1) is 0 Å². The average Bonchev–Trinajstić information content (AvgIpc) is 3.38. The lowest BCUT2D eigenvalue weighted by Crippen LogP contribution is -2.35. The summed E-state index contributed by atoms with van der Waals surface area (Å²) in [6.45, 7) is 1.95. The third-order valence-electron chi connectivity index (χ3n) is 5.08. The third kappa shape index (κ3) is 3.19. The number of benzene rings is 1. The van der Waals surface area contributed by atoms with Gasteiger partial charge < -0.3 is 4.90 Å². The Morgan fingerprint density at radius 2 is 1.89 bits per heavy atom. The molecule has 27 heavy (non-hydrogen) atoms. The molecule has 0 bridgehead atoms. The van der Waals surface area contributed by atoms with Crippen LogP contribution in [0.1, 0.15) is 18.9 Å². The van der Waals surface area contributed by atoms with E-state index in [0.29, 0.717) is 6.04 Å². The molecule has 0 unspecified atom stereocenters. The zero-order chi connectivity index (χ0) is 18.2. The van der Waals surface area contributed by atoms with E-state index in [4.69, 9.17) is 11.6 Å². The summed E-state index contributed by atoms with van der Waals surface area (Å²) in [5.74, 6) is 1.05. The minimum Gasteiger partial charge on any atom is -0.355 e. The van der Waals surface area contributed by atoms with Gasteiger partial charge in [-0.15, -0.1) is 11.3 Å². The van der Waals surface area contributed by atoms with E-state index in [1.165, 1.54) is 4.88 Å². The second-order valence-electron chi connectivity index (χ2n) is 6.73. The normalized spacial score (nSPS) is 15.5. The first kappa shape index (κ1) is 16.7. The Kier molecular flexibility index (Phi) is 4.30. The van der Waals surface area contributed by atoms with E-state index >= 15 is 0 Å². The summed E-state index contributed by atoms with van der Waals surface area (Å²) >= 11 is 7.77. The van der Waals surface area contributed by atoms with E-state index in [9.17, 15) is 0 Å². The molecule has 0 atom stereocenters. The van der Waals surface area contributed by atoms with E-state index in [-0.39, 0.29) is 0 Å². The van der Waals surface area contributed by atoms with Crippen LogP contribution >= 0.6 is 22.9 Å². The molecule has 0 N–H and O–H groups in total. The highest BCUT2D eigenvalue weighted by Crippen LogP contribution is 2.38. The third-order valence-corrected chi connectivity index (χ3v) is 6.51. The second-order valence-corrected chi connectivity index (χ2v) is 8.22. The molecule has 1 saturated heterocycles. The Labute approximate surface area is 166 Å². The summed E-state index contributed by atoms with van der Waals surface area (Å²) in [6.07, 6.45) is 7.73. The van der Waals surface area contributed by atoms with Gasteiger partial charge in [-0.05, 0) is 42.7 Å². The molecule has 4 aromatic rings. The Balaban J connectivity index is 1.43. The molecule has 5 nitrogen and oxygen atoms in total. The van der Waals surface area contributed by atoms with E-state index in [2.05, 4.69) is 49.0 Å². The fourth-order valence-electron chi connectivity index (χ4n) is 3.66. The van der Waals surface area contributed by atoms with Crippen LogP contribution < -0.4 is 4.90 Å². The van der Waals surface area contributed by atoms with Gasteiger partial charge in [-0.1, -0.05) is 23.7 Å². The molecule has 5 rings (SSSR count). The molecule has 4 heterocycles. The van der Waals surface area contributed by atoms with Gasteiger partial charge in [0.25, 0.3) is 0 Å². The van der Waals surface area contributed by atoms with Crippen molar-refractivity contribution in [2.24, 2.45) is 0 Å². The van der Waals surface area contributed by atoms with Crippen LogP contribution in [-0.2, 0) is 0 Å². The maximum absolute atomic E-state index is 6.02. The topological polar surface area (TPSA) is 46.8 Å². The van der Waals surface area contributed by atoms with Gasteiger partial charge in [-0.3, -0.25) is 4.68 Å². The van der Waals surface area contributed by atoms with Gasteiger partial charge in [0.15, 0.2) is 0 Å². The van der Waals surface area contributed by atoms with Crippen molar-refractivity contribution in [2.45, 2.75) is 18.9 Å². The summed E-state index contributed by atoms with van der Waals surface area (Å²) in [5, 5.41) is 5.15. The minimum absolute atomic E-state index is 0.474. The highest BCUT2D eigenvalue weighted by molar-refractivity contribution is 7.22. The van der Waals surface area contributed by atoms with Crippen molar-refractivity contribution in [3.8, 4) is 10.4 Å². The fourth-order valence-corrected chi connectivity index (χ4v) is 4.92. The van der Waals surface area contributed by atoms with Crippen molar-refractivity contribution >= 4 is 39.0 Å². The SMILES string of the molecule is Clc1ccc(-c2cc3ncnc(N4CCC(n5cccn5)CC4)c3s2)cc1. The van der Waals surface area contributed by atoms with Crippen molar-refractivity contribution in [1.29, 1.82) is 0 Å². The molecule has 1 aliphatic heterocycles. The van der Waals surface area contributed by atoms with E-state index < -0.39 is 0 Å². The van der Waals surface area contributed by atoms with Gasteiger partial charge in [0, 0.05) is 35.4 Å². The van der Waals surface area contributed by atoms with Crippen LogP contribution in [0.25, 0.3) is 20.7 Å². The number of hydrogen-bond acceptors (Lipinski definition) is 5. The van der Waals surface area contributed by atoms with Crippen LogP contribution in [-0.4, -0.2) is 32.8 Å². The zero-order valence-electron chi connectivity index (χ0n) is 14.6. The Hall–Kier alpha value is -2.44. The molecule has 0 amide bonds. The lowest BCUT2D eigenvalue weighted by Gasteiger charge is -2.33. The standard InChI is InChI=1S/C20H18ClN5S/c21-15-4-2-14(3-5-15)18-12-17-19(27-18)20(23-13-22-17)25-10-6-16(7-11-25)26-9-1-8-24-26/h1-5,8-9,12-13,16H,6-7,10-11H2. The maximum atomic E-state index is 6.02. The van der Waals surface area contributed by atoms with Crippen molar-refractivity contribution in [3.05, 3.63) is 60.1 Å². The molecule has 1 aromatic carbocycles. The molecule has 0 aliphatic carbocycles. The number of hydrogen-bond donors (Lipinski definition) is 0. The van der Waals surface area contributed by atoms with Crippen molar-refractivity contribution < 1.29 is 0 Å². The first-order valence-electron chi connectivity index (χ1n) is 9.02. The number of fused-ring (bicyclic) bond motifs is 1. The number of nitrogens with zero attached hydrogens (tertiary/aromatic N) is 5. The first-order chi connectivity index (χ1) is 13.3. The van der Waals surface area contributed by atoms with Crippen LogP contribution in [0.4, 0.5) is 5.82 Å².